The van der Waals surface area contributed by atoms with Crippen molar-refractivity contribution in [2.24, 2.45) is 0 Å². The first-order valence-corrected chi connectivity index (χ1v) is 10.7. The zero-order chi connectivity index (χ0) is 22.2. The molecule has 0 atom stereocenters. The van der Waals surface area contributed by atoms with E-state index < -0.39 is 0 Å². The molecule has 5 rings (SSSR count). The van der Waals surface area contributed by atoms with E-state index in [-0.39, 0.29) is 16.5 Å². The summed E-state index contributed by atoms with van der Waals surface area (Å²) in [5, 5.41) is 4.43. The minimum Gasteiger partial charge on any atom is -0.365 e. The molecular weight excluding hydrogens is 428 g/mol. The van der Waals surface area contributed by atoms with Crippen molar-refractivity contribution < 1.29 is 4.79 Å². The molecule has 0 aliphatic carbocycles. The molecule has 162 valence electrons. The Balaban J connectivity index is 1.32. The van der Waals surface area contributed by atoms with Gasteiger partial charge in [0.2, 0.25) is 0 Å². The molecule has 1 saturated heterocycles. The maximum Gasteiger partial charge on any atom is 0.292 e. The van der Waals surface area contributed by atoms with Crippen LogP contribution >= 0.6 is 11.6 Å². The second kappa shape index (κ2) is 8.12. The quantitative estimate of drug-likeness (QED) is 0.481. The zero-order valence-corrected chi connectivity index (χ0v) is 18.2. The Kier molecular flexibility index (Phi) is 5.14. The lowest BCUT2D eigenvalue weighted by molar-refractivity contribution is 0.0741. The highest BCUT2D eigenvalue weighted by molar-refractivity contribution is 6.33. The number of carbonyl (C=O) groups is 1. The van der Waals surface area contributed by atoms with E-state index in [1.165, 1.54) is 4.68 Å². The predicted molar refractivity (Wildman–Crippen MR) is 123 cm³/mol. The molecule has 0 unspecified atom stereocenters. The third kappa shape index (κ3) is 3.52. The molecule has 9 heteroatoms. The molecule has 3 aromatic heterocycles. The van der Waals surface area contributed by atoms with Gasteiger partial charge in [0.25, 0.3) is 11.5 Å². The van der Waals surface area contributed by atoms with Crippen molar-refractivity contribution in [2.45, 2.75) is 6.92 Å². The van der Waals surface area contributed by atoms with E-state index in [0.29, 0.717) is 43.2 Å². The van der Waals surface area contributed by atoms with E-state index >= 15 is 0 Å². The number of aryl methyl sites for hydroxylation is 1. The second-order valence-corrected chi connectivity index (χ2v) is 8.08. The number of benzene rings is 1. The van der Waals surface area contributed by atoms with Gasteiger partial charge >= 0.3 is 0 Å². The van der Waals surface area contributed by atoms with Crippen molar-refractivity contribution in [3.05, 3.63) is 87.7 Å². The third-order valence-corrected chi connectivity index (χ3v) is 6.08. The number of nitrogens with zero attached hydrogens (tertiary/aromatic N) is 6. The number of rotatable bonds is 3. The first kappa shape index (κ1) is 20.3. The molecule has 1 fully saturated rings. The number of aromatic nitrogens is 4. The fourth-order valence-electron chi connectivity index (χ4n) is 3.96. The number of hydrogen-bond donors (Lipinski definition) is 0. The highest BCUT2D eigenvalue weighted by atomic mass is 35.5. The first-order valence-electron chi connectivity index (χ1n) is 10.3. The van der Waals surface area contributed by atoms with Crippen molar-refractivity contribution in [3.8, 4) is 5.69 Å². The molecule has 4 heterocycles. The van der Waals surface area contributed by atoms with Gasteiger partial charge in [0.1, 0.15) is 16.4 Å². The first-order chi connectivity index (χ1) is 15.5. The lowest BCUT2D eigenvalue weighted by Gasteiger charge is -2.35. The molecule has 1 aromatic carbocycles. The summed E-state index contributed by atoms with van der Waals surface area (Å²) in [7, 11) is 0. The van der Waals surface area contributed by atoms with Crippen molar-refractivity contribution in [1.82, 2.24) is 24.1 Å². The predicted octanol–water partition coefficient (Wildman–Crippen LogP) is 2.80. The van der Waals surface area contributed by atoms with E-state index in [0.717, 1.165) is 11.3 Å². The SMILES string of the molecule is Cc1cccc2nc(C(=O)N3CCN(c4cnn(-c5ccccc5)c(=O)c4Cl)CC3)cn12. The van der Waals surface area contributed by atoms with Crippen LogP contribution in [0, 0.1) is 6.92 Å². The van der Waals surface area contributed by atoms with E-state index in [2.05, 4.69) is 10.1 Å². The van der Waals surface area contributed by atoms with Crippen LogP contribution in [-0.2, 0) is 0 Å². The molecule has 0 spiro atoms. The van der Waals surface area contributed by atoms with Gasteiger partial charge in [-0.15, -0.1) is 0 Å². The molecule has 0 saturated carbocycles. The van der Waals surface area contributed by atoms with Crippen LogP contribution < -0.4 is 10.5 Å². The second-order valence-electron chi connectivity index (χ2n) is 7.70. The normalized spacial score (nSPS) is 14.2. The van der Waals surface area contributed by atoms with Gasteiger partial charge in [-0.2, -0.15) is 9.78 Å². The minimum absolute atomic E-state index is 0.100. The van der Waals surface area contributed by atoms with Crippen LogP contribution in [0.15, 0.2) is 65.7 Å². The molecule has 8 nitrogen and oxygen atoms in total. The van der Waals surface area contributed by atoms with Crippen LogP contribution in [0.25, 0.3) is 11.3 Å². The standard InChI is InChI=1S/C23H21ClN6O2/c1-16-6-5-9-20-26-18(15-29(16)20)22(31)28-12-10-27(11-13-28)19-14-25-30(23(32)21(19)24)17-7-3-2-4-8-17/h2-9,14-15H,10-13H2,1H3. The van der Waals surface area contributed by atoms with Crippen molar-refractivity contribution in [1.29, 1.82) is 0 Å². The number of amides is 1. The van der Waals surface area contributed by atoms with Crippen LogP contribution in [0.2, 0.25) is 5.02 Å². The van der Waals surface area contributed by atoms with Crippen LogP contribution in [0.3, 0.4) is 0 Å². The zero-order valence-electron chi connectivity index (χ0n) is 17.5. The Hall–Kier alpha value is -3.65. The number of carbonyl (C=O) groups excluding carboxylic acids is 1. The van der Waals surface area contributed by atoms with E-state index in [1.54, 1.807) is 29.4 Å². The Morgan fingerprint density at radius 1 is 1.00 bits per heavy atom. The number of piperazine rings is 1. The molecule has 1 amide bonds. The molecule has 1 aliphatic heterocycles. The lowest BCUT2D eigenvalue weighted by Crippen LogP contribution is -2.49. The average molecular weight is 449 g/mol. The largest absolute Gasteiger partial charge is 0.365 e. The summed E-state index contributed by atoms with van der Waals surface area (Å²) in [6.07, 6.45) is 3.39. The fraction of sp³-hybridized carbons (Fsp3) is 0.217. The molecular formula is C23H21ClN6O2. The molecule has 32 heavy (non-hydrogen) atoms. The van der Waals surface area contributed by atoms with Gasteiger partial charge in [0.15, 0.2) is 0 Å². The summed E-state index contributed by atoms with van der Waals surface area (Å²) in [5.41, 5.74) is 3.07. The van der Waals surface area contributed by atoms with Crippen molar-refractivity contribution >= 4 is 28.8 Å². The van der Waals surface area contributed by atoms with Crippen LogP contribution in [-0.4, -0.2) is 56.2 Å². The monoisotopic (exact) mass is 448 g/mol. The minimum atomic E-state index is -0.367. The van der Waals surface area contributed by atoms with Crippen LogP contribution in [0.4, 0.5) is 5.69 Å². The summed E-state index contributed by atoms with van der Waals surface area (Å²) in [5.74, 6) is -0.100. The topological polar surface area (TPSA) is 75.7 Å². The maximum absolute atomic E-state index is 13.0. The number of pyridine rings is 1. The number of para-hydroxylation sites is 1. The summed E-state index contributed by atoms with van der Waals surface area (Å²) >= 11 is 6.43. The third-order valence-electron chi connectivity index (χ3n) is 5.72. The van der Waals surface area contributed by atoms with Gasteiger partial charge in [-0.05, 0) is 31.2 Å². The average Bonchev–Trinajstić information content (AvgIpc) is 3.27. The maximum atomic E-state index is 13.0. The van der Waals surface area contributed by atoms with E-state index in [4.69, 9.17) is 11.6 Å². The van der Waals surface area contributed by atoms with Crippen molar-refractivity contribution in [2.75, 3.05) is 31.1 Å². The number of fused-ring (bicyclic) bond motifs is 1. The van der Waals surface area contributed by atoms with Gasteiger partial charge in [-0.3, -0.25) is 9.59 Å². The summed E-state index contributed by atoms with van der Waals surface area (Å²) in [6.45, 7) is 4.08. The Morgan fingerprint density at radius 3 is 2.47 bits per heavy atom. The van der Waals surface area contributed by atoms with Gasteiger partial charge in [0.05, 0.1) is 17.6 Å². The van der Waals surface area contributed by atoms with E-state index in [1.807, 2.05) is 52.6 Å². The van der Waals surface area contributed by atoms with Crippen molar-refractivity contribution in [3.63, 3.8) is 0 Å². The Labute approximate surface area is 189 Å². The number of halogens is 1. The number of imidazole rings is 1. The van der Waals surface area contributed by atoms with E-state index in [9.17, 15) is 9.59 Å². The van der Waals surface area contributed by atoms with Gasteiger partial charge in [-0.1, -0.05) is 35.9 Å². The molecule has 4 aromatic rings. The molecule has 0 radical (unpaired) electrons. The Morgan fingerprint density at radius 2 is 1.75 bits per heavy atom. The summed E-state index contributed by atoms with van der Waals surface area (Å²) < 4.78 is 3.20. The summed E-state index contributed by atoms with van der Waals surface area (Å²) in [6, 6.07) is 14.9. The highest BCUT2D eigenvalue weighted by Crippen LogP contribution is 2.23. The fourth-order valence-corrected chi connectivity index (χ4v) is 4.21. The highest BCUT2D eigenvalue weighted by Gasteiger charge is 2.26. The van der Waals surface area contributed by atoms with Crippen LogP contribution in [0.5, 0.6) is 0 Å². The molecule has 0 N–H and O–H groups in total. The lowest BCUT2D eigenvalue weighted by atomic mass is 10.2. The van der Waals surface area contributed by atoms with Gasteiger partial charge in [-0.25, -0.2) is 4.98 Å². The van der Waals surface area contributed by atoms with Gasteiger partial charge in [0, 0.05) is 38.1 Å². The summed E-state index contributed by atoms with van der Waals surface area (Å²) in [4.78, 5) is 34.0. The molecule has 0 bridgehead atoms. The number of hydrogen-bond acceptors (Lipinski definition) is 5. The Bertz CT molecular complexity index is 1360. The molecule has 1 aliphatic rings. The smallest absolute Gasteiger partial charge is 0.292 e. The van der Waals surface area contributed by atoms with Gasteiger partial charge < -0.3 is 14.2 Å². The van der Waals surface area contributed by atoms with Crippen LogP contribution in [0.1, 0.15) is 16.2 Å². The number of anilines is 1.